The van der Waals surface area contributed by atoms with Crippen LogP contribution in [0.5, 0.6) is 0 Å². The number of nitrogens with two attached hydrogens (primary N) is 1. The van der Waals surface area contributed by atoms with Gasteiger partial charge in [0, 0.05) is 6.54 Å². The number of rotatable bonds is 3. The molecule has 17 heavy (non-hydrogen) atoms. The van der Waals surface area contributed by atoms with Gasteiger partial charge in [0.25, 0.3) is 0 Å². The van der Waals surface area contributed by atoms with Crippen molar-refractivity contribution in [2.45, 2.75) is 13.5 Å². The summed E-state index contributed by atoms with van der Waals surface area (Å²) in [5.74, 6) is 0.805. The highest BCUT2D eigenvalue weighted by atomic mass is 79.9. The highest BCUT2D eigenvalue weighted by Crippen LogP contribution is 2.22. The van der Waals surface area contributed by atoms with Crippen LogP contribution in [0.3, 0.4) is 0 Å². The van der Waals surface area contributed by atoms with Gasteiger partial charge in [-0.1, -0.05) is 29.8 Å². The zero-order valence-corrected chi connectivity index (χ0v) is 11.2. The number of hydrogen-bond donors (Lipinski definition) is 2. The Labute approximate surface area is 109 Å². The molecule has 0 radical (unpaired) electrons. The van der Waals surface area contributed by atoms with Crippen LogP contribution in [-0.4, -0.2) is 4.98 Å². The second kappa shape index (κ2) is 5.19. The molecule has 0 bridgehead atoms. The van der Waals surface area contributed by atoms with Crippen molar-refractivity contribution < 1.29 is 0 Å². The number of pyridine rings is 1. The third kappa shape index (κ3) is 3.20. The number of nitrogens with one attached hydrogen (secondary N) is 1. The first-order valence-electron chi connectivity index (χ1n) is 5.35. The lowest BCUT2D eigenvalue weighted by molar-refractivity contribution is 1.10. The first kappa shape index (κ1) is 11.9. The average Bonchev–Trinajstić information content (AvgIpc) is 2.30. The smallest absolute Gasteiger partial charge is 0.140 e. The fourth-order valence-electron chi connectivity index (χ4n) is 1.47. The van der Waals surface area contributed by atoms with Crippen LogP contribution in [0.4, 0.5) is 11.5 Å². The van der Waals surface area contributed by atoms with Crippen LogP contribution in [-0.2, 0) is 6.54 Å². The van der Waals surface area contributed by atoms with E-state index < -0.39 is 0 Å². The second-order valence-corrected chi connectivity index (χ2v) is 4.79. The van der Waals surface area contributed by atoms with Crippen LogP contribution >= 0.6 is 15.9 Å². The van der Waals surface area contributed by atoms with E-state index in [1.807, 2.05) is 6.07 Å². The third-order valence-corrected chi connectivity index (χ3v) is 3.05. The number of benzene rings is 1. The normalized spacial score (nSPS) is 10.2. The summed E-state index contributed by atoms with van der Waals surface area (Å²) in [6.45, 7) is 2.82. The number of aromatic nitrogens is 1. The molecule has 0 saturated carbocycles. The molecule has 0 spiro atoms. The molecule has 0 aliphatic heterocycles. The van der Waals surface area contributed by atoms with E-state index in [1.165, 1.54) is 11.1 Å². The van der Waals surface area contributed by atoms with E-state index >= 15 is 0 Å². The van der Waals surface area contributed by atoms with Crippen molar-refractivity contribution in [3.63, 3.8) is 0 Å². The van der Waals surface area contributed by atoms with Crippen LogP contribution < -0.4 is 11.1 Å². The highest BCUT2D eigenvalue weighted by molar-refractivity contribution is 9.10. The summed E-state index contributed by atoms with van der Waals surface area (Å²) in [5, 5.41) is 3.26. The molecular formula is C13H14BrN3. The molecule has 4 heteroatoms. The minimum atomic E-state index is 0.651. The molecule has 0 aliphatic rings. The Hall–Kier alpha value is -1.55. The van der Waals surface area contributed by atoms with Crippen molar-refractivity contribution in [1.29, 1.82) is 0 Å². The third-order valence-electron chi connectivity index (χ3n) is 2.44. The van der Waals surface area contributed by atoms with Crippen molar-refractivity contribution in [3.8, 4) is 0 Å². The van der Waals surface area contributed by atoms with E-state index in [9.17, 15) is 0 Å². The predicted octanol–water partition coefficient (Wildman–Crippen LogP) is 3.35. The van der Waals surface area contributed by atoms with Gasteiger partial charge in [-0.2, -0.15) is 0 Å². The standard InChI is InChI=1S/C13H14BrN3/c1-9-2-4-10(5-3-9)7-16-13-12(14)6-11(15)8-17-13/h2-6,8H,7,15H2,1H3,(H,16,17). The number of anilines is 2. The Morgan fingerprint density at radius 3 is 2.65 bits per heavy atom. The number of nitrogens with zero attached hydrogens (tertiary/aromatic N) is 1. The Bertz CT molecular complexity index is 509. The summed E-state index contributed by atoms with van der Waals surface area (Å²) in [6, 6.07) is 10.2. The van der Waals surface area contributed by atoms with Gasteiger partial charge >= 0.3 is 0 Å². The zero-order valence-electron chi connectivity index (χ0n) is 9.57. The molecule has 0 fully saturated rings. The Kier molecular flexibility index (Phi) is 3.64. The van der Waals surface area contributed by atoms with Crippen LogP contribution in [0.25, 0.3) is 0 Å². The number of hydrogen-bond acceptors (Lipinski definition) is 3. The van der Waals surface area contributed by atoms with Crippen LogP contribution in [0.1, 0.15) is 11.1 Å². The maximum absolute atomic E-state index is 5.63. The van der Waals surface area contributed by atoms with E-state index in [2.05, 4.69) is 57.4 Å². The fraction of sp³-hybridized carbons (Fsp3) is 0.154. The highest BCUT2D eigenvalue weighted by Gasteiger charge is 2.01. The van der Waals surface area contributed by atoms with E-state index in [1.54, 1.807) is 6.20 Å². The Balaban J connectivity index is 2.04. The molecule has 3 nitrogen and oxygen atoms in total. The van der Waals surface area contributed by atoms with E-state index in [-0.39, 0.29) is 0 Å². The van der Waals surface area contributed by atoms with E-state index in [0.29, 0.717) is 5.69 Å². The lowest BCUT2D eigenvalue weighted by atomic mass is 10.1. The van der Waals surface area contributed by atoms with Gasteiger partial charge in [-0.25, -0.2) is 4.98 Å². The summed E-state index contributed by atoms with van der Waals surface area (Å²) in [7, 11) is 0. The maximum Gasteiger partial charge on any atom is 0.140 e. The lowest BCUT2D eigenvalue weighted by Crippen LogP contribution is -2.02. The fourth-order valence-corrected chi connectivity index (χ4v) is 1.98. The minimum Gasteiger partial charge on any atom is -0.397 e. The largest absolute Gasteiger partial charge is 0.397 e. The molecule has 1 aromatic heterocycles. The lowest BCUT2D eigenvalue weighted by Gasteiger charge is -2.08. The van der Waals surface area contributed by atoms with Crippen LogP contribution in [0.15, 0.2) is 41.0 Å². The summed E-state index contributed by atoms with van der Waals surface area (Å²) in [5.41, 5.74) is 8.77. The van der Waals surface area contributed by atoms with Crippen LogP contribution in [0.2, 0.25) is 0 Å². The summed E-state index contributed by atoms with van der Waals surface area (Å²) in [6.07, 6.45) is 1.64. The molecule has 2 rings (SSSR count). The molecule has 1 aromatic carbocycles. The molecular weight excluding hydrogens is 278 g/mol. The molecule has 3 N–H and O–H groups in total. The summed E-state index contributed by atoms with van der Waals surface area (Å²) < 4.78 is 0.879. The van der Waals surface area contributed by atoms with Crippen molar-refractivity contribution in [2.75, 3.05) is 11.1 Å². The summed E-state index contributed by atoms with van der Waals surface area (Å²) >= 11 is 3.43. The average molecular weight is 292 g/mol. The topological polar surface area (TPSA) is 50.9 Å². The van der Waals surface area contributed by atoms with Crippen molar-refractivity contribution in [2.24, 2.45) is 0 Å². The number of nitrogen functional groups attached to an aromatic ring is 1. The minimum absolute atomic E-state index is 0.651. The van der Waals surface area contributed by atoms with Gasteiger partial charge < -0.3 is 11.1 Å². The number of aryl methyl sites for hydroxylation is 1. The SMILES string of the molecule is Cc1ccc(CNc2ncc(N)cc2Br)cc1. The first-order valence-corrected chi connectivity index (χ1v) is 6.15. The van der Waals surface area contributed by atoms with Gasteiger partial charge in [0.2, 0.25) is 0 Å². The van der Waals surface area contributed by atoms with Gasteiger partial charge in [-0.05, 0) is 34.5 Å². The monoisotopic (exact) mass is 291 g/mol. The molecule has 0 saturated heterocycles. The van der Waals surface area contributed by atoms with E-state index in [0.717, 1.165) is 16.8 Å². The molecule has 0 amide bonds. The first-order chi connectivity index (χ1) is 8.15. The molecule has 1 heterocycles. The maximum atomic E-state index is 5.63. The van der Waals surface area contributed by atoms with E-state index in [4.69, 9.17) is 5.73 Å². The molecule has 88 valence electrons. The zero-order chi connectivity index (χ0) is 12.3. The molecule has 0 atom stereocenters. The Morgan fingerprint density at radius 2 is 2.00 bits per heavy atom. The molecule has 2 aromatic rings. The van der Waals surface area contributed by atoms with Crippen LogP contribution in [0, 0.1) is 6.92 Å². The van der Waals surface area contributed by atoms with Gasteiger partial charge in [-0.3, -0.25) is 0 Å². The Morgan fingerprint density at radius 1 is 1.29 bits per heavy atom. The van der Waals surface area contributed by atoms with Crippen molar-refractivity contribution in [1.82, 2.24) is 4.98 Å². The van der Waals surface area contributed by atoms with Crippen molar-refractivity contribution in [3.05, 3.63) is 52.1 Å². The van der Waals surface area contributed by atoms with Gasteiger partial charge in [0.1, 0.15) is 5.82 Å². The van der Waals surface area contributed by atoms with Gasteiger partial charge in [0.05, 0.1) is 16.4 Å². The predicted molar refractivity (Wildman–Crippen MR) is 74.9 cm³/mol. The molecule has 0 unspecified atom stereocenters. The number of halogens is 1. The van der Waals surface area contributed by atoms with Crippen molar-refractivity contribution >= 4 is 27.4 Å². The summed E-state index contributed by atoms with van der Waals surface area (Å²) in [4.78, 5) is 4.23. The van der Waals surface area contributed by atoms with Gasteiger partial charge in [0.15, 0.2) is 0 Å². The molecule has 0 aliphatic carbocycles. The quantitative estimate of drug-likeness (QED) is 0.912. The van der Waals surface area contributed by atoms with Gasteiger partial charge in [-0.15, -0.1) is 0 Å². The second-order valence-electron chi connectivity index (χ2n) is 3.94.